The Morgan fingerprint density at radius 3 is 2.52 bits per heavy atom. The molecule has 0 radical (unpaired) electrons. The fourth-order valence-corrected chi connectivity index (χ4v) is 4.62. The maximum Gasteiger partial charge on any atom is 0.230 e. The van der Waals surface area contributed by atoms with Crippen molar-refractivity contribution in [2.45, 2.75) is 23.9 Å². The molecule has 27 heavy (non-hydrogen) atoms. The van der Waals surface area contributed by atoms with Gasteiger partial charge in [-0.25, -0.2) is 0 Å². The minimum atomic E-state index is 0.0276. The lowest BCUT2D eigenvalue weighted by atomic mass is 9.98. The van der Waals surface area contributed by atoms with Gasteiger partial charge in [0.25, 0.3) is 0 Å². The molecule has 1 aliphatic rings. The van der Waals surface area contributed by atoms with Crippen LogP contribution in [-0.2, 0) is 9.53 Å². The lowest BCUT2D eigenvalue weighted by molar-refractivity contribution is -0.940. The van der Waals surface area contributed by atoms with Crippen LogP contribution in [0.3, 0.4) is 0 Å². The molecule has 2 N–H and O–H groups in total. The third-order valence-corrected chi connectivity index (χ3v) is 6.33. The molecule has 0 bridgehead atoms. The Labute approximate surface area is 170 Å². The second-order valence-electron chi connectivity index (χ2n) is 6.73. The van der Waals surface area contributed by atoms with Crippen molar-refractivity contribution in [3.8, 4) is 0 Å². The van der Waals surface area contributed by atoms with Gasteiger partial charge in [-0.1, -0.05) is 54.1 Å². The average Bonchev–Trinajstić information content (AvgIpc) is 2.69. The Morgan fingerprint density at radius 1 is 1.15 bits per heavy atom. The van der Waals surface area contributed by atoms with Gasteiger partial charge < -0.3 is 15.0 Å². The van der Waals surface area contributed by atoms with Crippen molar-refractivity contribution in [2.75, 3.05) is 32.1 Å². The van der Waals surface area contributed by atoms with Crippen LogP contribution in [0.2, 0.25) is 5.02 Å². The second kappa shape index (κ2) is 10.1. The lowest BCUT2D eigenvalue weighted by Gasteiger charge is -2.35. The van der Waals surface area contributed by atoms with Crippen LogP contribution in [0.1, 0.15) is 18.5 Å². The number of carbonyl (C=O) groups is 1. The third-order valence-electron chi connectivity index (χ3n) is 4.82. The molecular formula is C21H26ClN2O2S+. The number of amides is 1. The number of morpholine rings is 1. The average molecular weight is 406 g/mol. The van der Waals surface area contributed by atoms with Gasteiger partial charge in [-0.15, -0.1) is 11.8 Å². The molecule has 2 aromatic carbocycles. The molecule has 0 unspecified atom stereocenters. The van der Waals surface area contributed by atoms with Crippen molar-refractivity contribution < 1.29 is 14.4 Å². The molecule has 0 saturated carbocycles. The molecule has 1 heterocycles. The van der Waals surface area contributed by atoms with E-state index in [0.717, 1.165) is 31.2 Å². The molecule has 4 nitrogen and oxygen atoms in total. The normalized spacial score (nSPS) is 17.3. The summed E-state index contributed by atoms with van der Waals surface area (Å²) in [5.74, 6) is 0.384. The Hall–Kier alpha value is -1.53. The first-order valence-corrected chi connectivity index (χ1v) is 10.7. The smallest absolute Gasteiger partial charge is 0.230 e. The van der Waals surface area contributed by atoms with Crippen molar-refractivity contribution in [3.63, 3.8) is 0 Å². The van der Waals surface area contributed by atoms with E-state index in [2.05, 4.69) is 36.5 Å². The highest BCUT2D eigenvalue weighted by Crippen LogP contribution is 2.26. The van der Waals surface area contributed by atoms with Gasteiger partial charge in [-0.3, -0.25) is 4.79 Å². The Kier molecular flexibility index (Phi) is 7.59. The number of carbonyl (C=O) groups excluding carboxylic acids is 1. The van der Waals surface area contributed by atoms with Crippen molar-refractivity contribution in [1.29, 1.82) is 0 Å². The molecule has 2 atom stereocenters. The van der Waals surface area contributed by atoms with Crippen LogP contribution in [0.4, 0.5) is 0 Å². The van der Waals surface area contributed by atoms with Gasteiger partial charge in [0.1, 0.15) is 19.1 Å². The van der Waals surface area contributed by atoms with E-state index in [9.17, 15) is 4.79 Å². The zero-order chi connectivity index (χ0) is 19.1. The van der Waals surface area contributed by atoms with Crippen LogP contribution in [0.25, 0.3) is 0 Å². The van der Waals surface area contributed by atoms with E-state index in [1.807, 2.05) is 30.3 Å². The van der Waals surface area contributed by atoms with E-state index in [-0.39, 0.29) is 18.0 Å². The fraction of sp³-hybridized carbons (Fsp3) is 0.381. The van der Waals surface area contributed by atoms with E-state index in [1.54, 1.807) is 0 Å². The van der Waals surface area contributed by atoms with Crippen LogP contribution < -0.4 is 10.2 Å². The summed E-state index contributed by atoms with van der Waals surface area (Å²) in [6.07, 6.45) is 0. The SMILES string of the molecule is C[C@H](NC(=O)CSc1ccccc1Cl)[C@H](c1ccccc1)[NH+]1CCOCC1. The first-order valence-electron chi connectivity index (χ1n) is 9.29. The largest absolute Gasteiger partial charge is 0.370 e. The third kappa shape index (κ3) is 5.72. The van der Waals surface area contributed by atoms with Gasteiger partial charge in [-0.2, -0.15) is 0 Å². The number of rotatable bonds is 7. The van der Waals surface area contributed by atoms with Gasteiger partial charge in [0.05, 0.1) is 30.0 Å². The predicted molar refractivity (Wildman–Crippen MR) is 110 cm³/mol. The van der Waals surface area contributed by atoms with Crippen LogP contribution >= 0.6 is 23.4 Å². The molecule has 1 fully saturated rings. The number of ether oxygens (including phenoxy) is 1. The van der Waals surface area contributed by atoms with Gasteiger partial charge >= 0.3 is 0 Å². The highest BCUT2D eigenvalue weighted by Gasteiger charge is 2.32. The van der Waals surface area contributed by atoms with Crippen molar-refractivity contribution in [3.05, 3.63) is 65.2 Å². The summed E-state index contributed by atoms with van der Waals surface area (Å²) >= 11 is 7.65. The number of benzene rings is 2. The molecule has 144 valence electrons. The Balaban J connectivity index is 1.64. The minimum Gasteiger partial charge on any atom is -0.370 e. The summed E-state index contributed by atoms with van der Waals surface area (Å²) in [5.41, 5.74) is 1.25. The molecule has 0 spiro atoms. The number of nitrogens with one attached hydrogen (secondary N) is 2. The number of hydrogen-bond donors (Lipinski definition) is 2. The van der Waals surface area contributed by atoms with Crippen molar-refractivity contribution in [1.82, 2.24) is 5.32 Å². The van der Waals surface area contributed by atoms with Crippen LogP contribution in [0.15, 0.2) is 59.5 Å². The maximum absolute atomic E-state index is 12.5. The van der Waals surface area contributed by atoms with E-state index in [4.69, 9.17) is 16.3 Å². The van der Waals surface area contributed by atoms with Crippen LogP contribution in [-0.4, -0.2) is 44.0 Å². The van der Waals surface area contributed by atoms with E-state index in [1.165, 1.54) is 22.2 Å². The zero-order valence-electron chi connectivity index (χ0n) is 15.5. The number of thioether (sulfide) groups is 1. The quantitative estimate of drug-likeness (QED) is 0.696. The molecular weight excluding hydrogens is 380 g/mol. The number of quaternary nitrogens is 1. The molecule has 1 saturated heterocycles. The molecule has 1 aliphatic heterocycles. The van der Waals surface area contributed by atoms with Gasteiger partial charge in [-0.05, 0) is 19.1 Å². The monoisotopic (exact) mass is 405 g/mol. The molecule has 6 heteroatoms. The Bertz CT molecular complexity index is 738. The van der Waals surface area contributed by atoms with E-state index < -0.39 is 0 Å². The fourth-order valence-electron chi connectivity index (χ4n) is 3.57. The molecule has 3 rings (SSSR count). The predicted octanol–water partition coefficient (Wildman–Crippen LogP) is 2.59. The highest BCUT2D eigenvalue weighted by molar-refractivity contribution is 8.00. The summed E-state index contributed by atoms with van der Waals surface area (Å²) in [4.78, 5) is 14.9. The maximum atomic E-state index is 12.5. The van der Waals surface area contributed by atoms with Crippen molar-refractivity contribution >= 4 is 29.3 Å². The molecule has 2 aromatic rings. The van der Waals surface area contributed by atoms with Crippen LogP contribution in [0.5, 0.6) is 0 Å². The summed E-state index contributed by atoms with van der Waals surface area (Å²) in [6, 6.07) is 18.3. The Morgan fingerprint density at radius 2 is 1.81 bits per heavy atom. The minimum absolute atomic E-state index is 0.0276. The number of hydrogen-bond acceptors (Lipinski definition) is 3. The molecule has 0 aliphatic carbocycles. The van der Waals surface area contributed by atoms with Gasteiger partial charge in [0.15, 0.2) is 0 Å². The summed E-state index contributed by atoms with van der Waals surface area (Å²) in [6.45, 7) is 5.53. The van der Waals surface area contributed by atoms with Crippen LogP contribution in [0, 0.1) is 0 Å². The summed E-state index contributed by atoms with van der Waals surface area (Å²) < 4.78 is 5.52. The van der Waals surface area contributed by atoms with Gasteiger partial charge in [0, 0.05) is 10.5 Å². The summed E-state index contributed by atoms with van der Waals surface area (Å²) in [7, 11) is 0. The van der Waals surface area contributed by atoms with E-state index in [0.29, 0.717) is 10.8 Å². The number of halogens is 1. The first kappa shape index (κ1) is 20.2. The van der Waals surface area contributed by atoms with Gasteiger partial charge in [0.2, 0.25) is 5.91 Å². The summed E-state index contributed by atoms with van der Waals surface area (Å²) in [5, 5.41) is 3.88. The zero-order valence-corrected chi connectivity index (χ0v) is 17.1. The molecule has 0 aromatic heterocycles. The van der Waals surface area contributed by atoms with Crippen molar-refractivity contribution in [2.24, 2.45) is 0 Å². The molecule has 1 amide bonds. The lowest BCUT2D eigenvalue weighted by Crippen LogP contribution is -3.15. The first-order chi connectivity index (χ1) is 13.1. The topological polar surface area (TPSA) is 42.8 Å². The second-order valence-corrected chi connectivity index (χ2v) is 8.16. The van der Waals surface area contributed by atoms with E-state index >= 15 is 0 Å². The highest BCUT2D eigenvalue weighted by atomic mass is 35.5. The standard InChI is InChI=1S/C21H25ClN2O2S/c1-16(23-20(25)15-27-19-10-6-5-9-18(19)22)21(17-7-3-2-4-8-17)24-11-13-26-14-12-24/h2-10,16,21H,11-15H2,1H3,(H,23,25)/p+1/t16-,21+/m0/s1.